The molecule has 1 heterocycles. The highest BCUT2D eigenvalue weighted by atomic mass is 16.3. The SMILES string of the molecule is CC.Cc1cc(C)c2cc(O)ccc2n1. The minimum Gasteiger partial charge on any atom is -0.508 e. The van der Waals surface area contributed by atoms with Gasteiger partial charge in [0.05, 0.1) is 5.52 Å². The maximum Gasteiger partial charge on any atom is 0.116 e. The Morgan fingerprint density at radius 3 is 2.40 bits per heavy atom. The highest BCUT2D eigenvalue weighted by Crippen LogP contribution is 2.21. The minimum absolute atomic E-state index is 0.293. The fourth-order valence-electron chi connectivity index (χ4n) is 1.55. The van der Waals surface area contributed by atoms with Gasteiger partial charge in [-0.1, -0.05) is 13.8 Å². The quantitative estimate of drug-likeness (QED) is 0.709. The van der Waals surface area contributed by atoms with Crippen LogP contribution in [0, 0.1) is 13.8 Å². The van der Waals surface area contributed by atoms with Crippen molar-refractivity contribution in [2.75, 3.05) is 0 Å². The van der Waals surface area contributed by atoms with E-state index >= 15 is 0 Å². The first-order valence-corrected chi connectivity index (χ1v) is 5.24. The van der Waals surface area contributed by atoms with Crippen LogP contribution in [0.15, 0.2) is 24.3 Å². The fourth-order valence-corrected chi connectivity index (χ4v) is 1.55. The van der Waals surface area contributed by atoms with Crippen molar-refractivity contribution in [2.24, 2.45) is 0 Å². The van der Waals surface area contributed by atoms with Gasteiger partial charge in [0.25, 0.3) is 0 Å². The highest BCUT2D eigenvalue weighted by Gasteiger charge is 2.00. The molecule has 1 aromatic carbocycles. The van der Waals surface area contributed by atoms with E-state index in [0.717, 1.165) is 22.2 Å². The van der Waals surface area contributed by atoms with Gasteiger partial charge in [0.15, 0.2) is 0 Å². The van der Waals surface area contributed by atoms with E-state index in [-0.39, 0.29) is 0 Å². The molecule has 15 heavy (non-hydrogen) atoms. The van der Waals surface area contributed by atoms with Crippen molar-refractivity contribution in [3.05, 3.63) is 35.5 Å². The molecule has 0 aliphatic rings. The van der Waals surface area contributed by atoms with Crippen molar-refractivity contribution >= 4 is 10.9 Å². The van der Waals surface area contributed by atoms with Gasteiger partial charge in [-0.2, -0.15) is 0 Å². The maximum absolute atomic E-state index is 9.30. The first-order chi connectivity index (χ1) is 7.16. The molecule has 0 bridgehead atoms. The van der Waals surface area contributed by atoms with Crippen molar-refractivity contribution in [1.29, 1.82) is 0 Å². The number of hydrogen-bond donors (Lipinski definition) is 1. The summed E-state index contributed by atoms with van der Waals surface area (Å²) in [4.78, 5) is 4.37. The number of benzene rings is 1. The number of aromatic nitrogens is 1. The van der Waals surface area contributed by atoms with Crippen LogP contribution in [0.2, 0.25) is 0 Å². The van der Waals surface area contributed by atoms with Crippen LogP contribution in [0.1, 0.15) is 25.1 Å². The number of pyridine rings is 1. The lowest BCUT2D eigenvalue weighted by molar-refractivity contribution is 0.476. The van der Waals surface area contributed by atoms with Crippen molar-refractivity contribution in [3.8, 4) is 5.75 Å². The summed E-state index contributed by atoms with van der Waals surface area (Å²) in [6, 6.07) is 7.26. The molecule has 0 atom stereocenters. The van der Waals surface area contributed by atoms with E-state index in [1.807, 2.05) is 39.8 Å². The van der Waals surface area contributed by atoms with Crippen LogP contribution in [0.4, 0.5) is 0 Å². The Bertz CT molecular complexity index is 463. The van der Waals surface area contributed by atoms with Crippen LogP contribution in [-0.2, 0) is 0 Å². The molecule has 0 spiro atoms. The van der Waals surface area contributed by atoms with Crippen LogP contribution in [-0.4, -0.2) is 10.1 Å². The lowest BCUT2D eigenvalue weighted by Gasteiger charge is -2.03. The Morgan fingerprint density at radius 1 is 1.07 bits per heavy atom. The molecule has 0 amide bonds. The monoisotopic (exact) mass is 203 g/mol. The van der Waals surface area contributed by atoms with Crippen molar-refractivity contribution < 1.29 is 5.11 Å². The predicted molar refractivity (Wildman–Crippen MR) is 64.2 cm³/mol. The number of aromatic hydroxyl groups is 1. The van der Waals surface area contributed by atoms with Gasteiger partial charge < -0.3 is 5.11 Å². The summed E-state index contributed by atoms with van der Waals surface area (Å²) >= 11 is 0. The minimum atomic E-state index is 0.293. The van der Waals surface area contributed by atoms with Crippen LogP contribution in [0.3, 0.4) is 0 Å². The maximum atomic E-state index is 9.30. The molecule has 2 aromatic rings. The standard InChI is InChI=1S/C11H11NO.C2H6/c1-7-5-8(2)12-11-4-3-9(13)6-10(7)11;1-2/h3-6,13H,1-2H3;1-2H3. The lowest BCUT2D eigenvalue weighted by Crippen LogP contribution is -1.86. The molecule has 0 saturated carbocycles. The molecular formula is C13H17NO. The molecule has 2 rings (SSSR count). The van der Waals surface area contributed by atoms with E-state index in [4.69, 9.17) is 0 Å². The van der Waals surface area contributed by atoms with Gasteiger partial charge in [0.2, 0.25) is 0 Å². The second-order valence-corrected chi connectivity index (χ2v) is 3.28. The summed E-state index contributed by atoms with van der Waals surface area (Å²) in [7, 11) is 0. The lowest BCUT2D eigenvalue weighted by atomic mass is 10.1. The largest absolute Gasteiger partial charge is 0.508 e. The van der Waals surface area contributed by atoms with Crippen LogP contribution in [0.25, 0.3) is 10.9 Å². The van der Waals surface area contributed by atoms with Crippen molar-refractivity contribution in [1.82, 2.24) is 4.98 Å². The van der Waals surface area contributed by atoms with Gasteiger partial charge in [-0.25, -0.2) is 0 Å². The van der Waals surface area contributed by atoms with E-state index < -0.39 is 0 Å². The van der Waals surface area contributed by atoms with Crippen LogP contribution < -0.4 is 0 Å². The van der Waals surface area contributed by atoms with Crippen molar-refractivity contribution in [3.63, 3.8) is 0 Å². The van der Waals surface area contributed by atoms with E-state index in [1.54, 1.807) is 12.1 Å². The zero-order valence-corrected chi connectivity index (χ0v) is 9.70. The zero-order chi connectivity index (χ0) is 11.4. The van der Waals surface area contributed by atoms with E-state index in [2.05, 4.69) is 4.98 Å². The summed E-state index contributed by atoms with van der Waals surface area (Å²) in [6.45, 7) is 8.00. The number of rotatable bonds is 0. The zero-order valence-electron chi connectivity index (χ0n) is 9.70. The van der Waals surface area contributed by atoms with E-state index in [1.165, 1.54) is 0 Å². The molecule has 0 radical (unpaired) electrons. The average molecular weight is 203 g/mol. The second-order valence-electron chi connectivity index (χ2n) is 3.28. The molecule has 0 saturated heterocycles. The van der Waals surface area contributed by atoms with E-state index in [9.17, 15) is 5.11 Å². The van der Waals surface area contributed by atoms with Gasteiger partial charge in [-0.3, -0.25) is 4.98 Å². The van der Waals surface area contributed by atoms with Crippen LogP contribution >= 0.6 is 0 Å². The summed E-state index contributed by atoms with van der Waals surface area (Å²) < 4.78 is 0. The van der Waals surface area contributed by atoms with Crippen molar-refractivity contribution in [2.45, 2.75) is 27.7 Å². The molecule has 1 N–H and O–H groups in total. The number of hydrogen-bond acceptors (Lipinski definition) is 2. The Hall–Kier alpha value is -1.57. The molecule has 80 valence electrons. The molecule has 0 unspecified atom stereocenters. The van der Waals surface area contributed by atoms with E-state index in [0.29, 0.717) is 5.75 Å². The first kappa shape index (κ1) is 11.5. The Morgan fingerprint density at radius 2 is 1.73 bits per heavy atom. The second kappa shape index (κ2) is 4.78. The molecule has 0 aliphatic heterocycles. The molecule has 2 heteroatoms. The molecule has 2 nitrogen and oxygen atoms in total. The fraction of sp³-hybridized carbons (Fsp3) is 0.308. The summed E-state index contributed by atoms with van der Waals surface area (Å²) in [5.74, 6) is 0.293. The predicted octanol–water partition coefficient (Wildman–Crippen LogP) is 3.58. The third kappa shape index (κ3) is 2.46. The summed E-state index contributed by atoms with van der Waals surface area (Å²) in [5.41, 5.74) is 3.10. The Balaban J connectivity index is 0.000000531. The number of aryl methyl sites for hydroxylation is 2. The third-order valence-electron chi connectivity index (χ3n) is 2.13. The number of fused-ring (bicyclic) bond motifs is 1. The van der Waals surface area contributed by atoms with Gasteiger partial charge in [-0.15, -0.1) is 0 Å². The molecule has 0 fully saturated rings. The van der Waals surface area contributed by atoms with Gasteiger partial charge in [0.1, 0.15) is 5.75 Å². The number of nitrogens with zero attached hydrogens (tertiary/aromatic N) is 1. The smallest absolute Gasteiger partial charge is 0.116 e. The topological polar surface area (TPSA) is 33.1 Å². The highest BCUT2D eigenvalue weighted by molar-refractivity contribution is 5.83. The Labute approximate surface area is 90.6 Å². The molecule has 0 aliphatic carbocycles. The van der Waals surface area contributed by atoms with Crippen LogP contribution in [0.5, 0.6) is 5.75 Å². The van der Waals surface area contributed by atoms with Gasteiger partial charge >= 0.3 is 0 Å². The van der Waals surface area contributed by atoms with Gasteiger partial charge in [0, 0.05) is 11.1 Å². The third-order valence-corrected chi connectivity index (χ3v) is 2.13. The Kier molecular flexibility index (Phi) is 3.67. The summed E-state index contributed by atoms with van der Waals surface area (Å²) in [6.07, 6.45) is 0. The normalized spacial score (nSPS) is 9.60. The average Bonchev–Trinajstić information content (AvgIpc) is 2.22. The first-order valence-electron chi connectivity index (χ1n) is 5.24. The molecular weight excluding hydrogens is 186 g/mol. The number of phenols is 1. The molecule has 1 aromatic heterocycles. The number of phenolic OH excluding ortho intramolecular Hbond substituents is 1. The summed E-state index contributed by atoms with van der Waals surface area (Å²) in [5, 5.41) is 10.3. The van der Waals surface area contributed by atoms with Gasteiger partial charge in [-0.05, 0) is 43.7 Å².